The second-order valence-electron chi connectivity index (χ2n) is 2.73. The molecular formula is C8H9BrF3NS. The highest BCUT2D eigenvalue weighted by Crippen LogP contribution is 2.22. The van der Waals surface area contributed by atoms with Crippen molar-refractivity contribution in [3.63, 3.8) is 0 Å². The third-order valence-corrected chi connectivity index (χ3v) is 3.49. The maximum atomic E-state index is 11.8. The zero-order chi connectivity index (χ0) is 10.6. The van der Waals surface area contributed by atoms with Crippen LogP contribution in [0.2, 0.25) is 0 Å². The number of thiophene rings is 1. The van der Waals surface area contributed by atoms with Crippen LogP contribution in [0, 0.1) is 0 Å². The smallest absolute Gasteiger partial charge is 0.311 e. The molecule has 0 saturated carbocycles. The molecule has 0 radical (unpaired) electrons. The van der Waals surface area contributed by atoms with Gasteiger partial charge in [0, 0.05) is 22.4 Å². The minimum absolute atomic E-state index is 0.0339. The van der Waals surface area contributed by atoms with Gasteiger partial charge < -0.3 is 5.32 Å². The Hall–Kier alpha value is -0.0700. The van der Waals surface area contributed by atoms with Crippen molar-refractivity contribution in [2.45, 2.75) is 19.1 Å². The summed E-state index contributed by atoms with van der Waals surface area (Å²) in [6.45, 7) is 0.447. The van der Waals surface area contributed by atoms with Crippen LogP contribution in [0.15, 0.2) is 15.9 Å². The zero-order valence-electron chi connectivity index (χ0n) is 7.20. The molecule has 1 heterocycles. The van der Waals surface area contributed by atoms with Crippen molar-refractivity contribution in [1.29, 1.82) is 0 Å². The van der Waals surface area contributed by atoms with E-state index in [9.17, 15) is 13.2 Å². The summed E-state index contributed by atoms with van der Waals surface area (Å²) in [5.74, 6) is 0. The highest BCUT2D eigenvalue weighted by atomic mass is 79.9. The van der Waals surface area contributed by atoms with Crippen molar-refractivity contribution < 1.29 is 13.2 Å². The zero-order valence-corrected chi connectivity index (χ0v) is 9.60. The van der Waals surface area contributed by atoms with E-state index >= 15 is 0 Å². The molecule has 1 rings (SSSR count). The number of hydrogen-bond donors (Lipinski definition) is 1. The normalized spacial score (nSPS) is 12.0. The first-order valence-corrected chi connectivity index (χ1v) is 5.65. The largest absolute Gasteiger partial charge is 0.390 e. The fourth-order valence-electron chi connectivity index (χ4n) is 0.883. The van der Waals surface area contributed by atoms with Gasteiger partial charge in [-0.25, -0.2) is 0 Å². The van der Waals surface area contributed by atoms with Crippen molar-refractivity contribution in [2.24, 2.45) is 0 Å². The molecule has 0 aromatic carbocycles. The number of nitrogens with one attached hydrogen (secondary N) is 1. The van der Waals surface area contributed by atoms with Crippen LogP contribution < -0.4 is 5.32 Å². The van der Waals surface area contributed by atoms with Gasteiger partial charge in [-0.2, -0.15) is 13.2 Å². The molecule has 6 heteroatoms. The van der Waals surface area contributed by atoms with Gasteiger partial charge in [0.1, 0.15) is 0 Å². The summed E-state index contributed by atoms with van der Waals surface area (Å²) in [4.78, 5) is 1.02. The van der Waals surface area contributed by atoms with E-state index in [2.05, 4.69) is 21.2 Å². The van der Waals surface area contributed by atoms with Gasteiger partial charge >= 0.3 is 6.18 Å². The summed E-state index contributed by atoms with van der Waals surface area (Å²) in [5.41, 5.74) is 0. The summed E-state index contributed by atoms with van der Waals surface area (Å²) in [7, 11) is 0. The second-order valence-corrected chi connectivity index (χ2v) is 4.59. The van der Waals surface area contributed by atoms with E-state index in [-0.39, 0.29) is 6.54 Å². The highest BCUT2D eigenvalue weighted by Gasteiger charge is 2.25. The predicted octanol–water partition coefficient (Wildman–Crippen LogP) is 3.55. The molecule has 0 aliphatic rings. The van der Waals surface area contributed by atoms with Crippen LogP contribution in [0.5, 0.6) is 0 Å². The van der Waals surface area contributed by atoms with Gasteiger partial charge in [0.2, 0.25) is 0 Å². The molecular weight excluding hydrogens is 279 g/mol. The minimum Gasteiger partial charge on any atom is -0.311 e. The standard InChI is InChI=1S/C8H9BrF3NS/c9-6-1-4-14-7(6)5-13-3-2-8(10,11)12/h1,4,13H,2-3,5H2. The molecule has 0 fully saturated rings. The van der Waals surface area contributed by atoms with Gasteiger partial charge in [-0.3, -0.25) is 0 Å². The van der Waals surface area contributed by atoms with Gasteiger partial charge in [0.15, 0.2) is 0 Å². The summed E-state index contributed by atoms with van der Waals surface area (Å²) in [6.07, 6.45) is -4.85. The molecule has 80 valence electrons. The van der Waals surface area contributed by atoms with Crippen molar-refractivity contribution in [3.05, 3.63) is 20.8 Å². The summed E-state index contributed by atoms with van der Waals surface area (Å²) in [5, 5.41) is 4.64. The molecule has 0 saturated heterocycles. The first kappa shape index (κ1) is 12.0. The number of alkyl halides is 3. The van der Waals surface area contributed by atoms with Gasteiger partial charge in [0.05, 0.1) is 6.42 Å². The lowest BCUT2D eigenvalue weighted by atomic mass is 10.4. The molecule has 14 heavy (non-hydrogen) atoms. The van der Waals surface area contributed by atoms with Crippen LogP contribution in [-0.4, -0.2) is 12.7 Å². The Balaban J connectivity index is 2.20. The third kappa shape index (κ3) is 4.43. The lowest BCUT2D eigenvalue weighted by Gasteiger charge is -2.06. The van der Waals surface area contributed by atoms with Gasteiger partial charge in [-0.15, -0.1) is 11.3 Å². The van der Waals surface area contributed by atoms with Crippen molar-refractivity contribution in [2.75, 3.05) is 6.54 Å². The molecule has 0 atom stereocenters. The van der Waals surface area contributed by atoms with Crippen LogP contribution in [-0.2, 0) is 6.54 Å². The highest BCUT2D eigenvalue weighted by molar-refractivity contribution is 9.10. The Kier molecular flexibility index (Phi) is 4.40. The van der Waals surface area contributed by atoms with E-state index < -0.39 is 12.6 Å². The number of hydrogen-bond acceptors (Lipinski definition) is 2. The Bertz CT molecular complexity index is 284. The number of halogens is 4. The lowest BCUT2D eigenvalue weighted by Crippen LogP contribution is -2.21. The average Bonchev–Trinajstić information content (AvgIpc) is 2.44. The first-order valence-electron chi connectivity index (χ1n) is 3.98. The fraction of sp³-hybridized carbons (Fsp3) is 0.500. The Labute approximate surface area is 92.4 Å². The monoisotopic (exact) mass is 287 g/mol. The Morgan fingerprint density at radius 3 is 2.64 bits per heavy atom. The van der Waals surface area contributed by atoms with E-state index in [0.29, 0.717) is 6.54 Å². The van der Waals surface area contributed by atoms with Crippen LogP contribution >= 0.6 is 27.3 Å². The van der Waals surface area contributed by atoms with Crippen LogP contribution in [0.25, 0.3) is 0 Å². The summed E-state index contributed by atoms with van der Waals surface area (Å²) in [6, 6.07) is 1.88. The fourth-order valence-corrected chi connectivity index (χ4v) is 2.35. The molecule has 1 N–H and O–H groups in total. The maximum absolute atomic E-state index is 11.8. The molecule has 0 unspecified atom stereocenters. The quantitative estimate of drug-likeness (QED) is 0.835. The molecule has 1 aromatic heterocycles. The Morgan fingerprint density at radius 1 is 1.43 bits per heavy atom. The van der Waals surface area contributed by atoms with Crippen LogP contribution in [0.4, 0.5) is 13.2 Å². The van der Waals surface area contributed by atoms with Gasteiger partial charge in [-0.05, 0) is 27.4 Å². The van der Waals surface area contributed by atoms with E-state index in [1.165, 1.54) is 11.3 Å². The number of rotatable bonds is 4. The molecule has 1 aromatic rings. The van der Waals surface area contributed by atoms with Crippen molar-refractivity contribution in [1.82, 2.24) is 5.32 Å². The van der Waals surface area contributed by atoms with E-state index in [1.807, 2.05) is 11.4 Å². The second kappa shape index (κ2) is 5.14. The first-order chi connectivity index (χ1) is 6.49. The third-order valence-electron chi connectivity index (χ3n) is 1.56. The Morgan fingerprint density at radius 2 is 2.14 bits per heavy atom. The minimum atomic E-state index is -4.07. The summed E-state index contributed by atoms with van der Waals surface area (Å²) >= 11 is 4.82. The van der Waals surface area contributed by atoms with Gasteiger partial charge in [0.25, 0.3) is 0 Å². The SMILES string of the molecule is FC(F)(F)CCNCc1sccc1Br. The molecule has 0 amide bonds. The van der Waals surface area contributed by atoms with Crippen molar-refractivity contribution >= 4 is 27.3 Å². The van der Waals surface area contributed by atoms with E-state index in [0.717, 1.165) is 9.35 Å². The molecule has 0 spiro atoms. The average molecular weight is 288 g/mol. The van der Waals surface area contributed by atoms with Crippen molar-refractivity contribution in [3.8, 4) is 0 Å². The molecule has 1 nitrogen and oxygen atoms in total. The van der Waals surface area contributed by atoms with Crippen LogP contribution in [0.1, 0.15) is 11.3 Å². The summed E-state index contributed by atoms with van der Waals surface area (Å²) < 4.78 is 36.2. The van der Waals surface area contributed by atoms with E-state index in [4.69, 9.17) is 0 Å². The maximum Gasteiger partial charge on any atom is 0.390 e. The predicted molar refractivity (Wildman–Crippen MR) is 54.4 cm³/mol. The van der Waals surface area contributed by atoms with Crippen LogP contribution in [0.3, 0.4) is 0 Å². The lowest BCUT2D eigenvalue weighted by molar-refractivity contribution is -0.133. The van der Waals surface area contributed by atoms with E-state index in [1.54, 1.807) is 0 Å². The molecule has 0 aliphatic heterocycles. The molecule has 0 aliphatic carbocycles. The van der Waals surface area contributed by atoms with Gasteiger partial charge in [-0.1, -0.05) is 0 Å². The topological polar surface area (TPSA) is 12.0 Å². The molecule has 0 bridgehead atoms.